The quantitative estimate of drug-likeness (QED) is 0.389. The summed E-state index contributed by atoms with van der Waals surface area (Å²) >= 11 is 3.53. The van der Waals surface area contributed by atoms with Crippen molar-refractivity contribution < 1.29 is 4.74 Å². The number of fused-ring (bicyclic) bond motifs is 1. The molecule has 2 aromatic carbocycles. The van der Waals surface area contributed by atoms with Gasteiger partial charge in [-0.2, -0.15) is 0 Å². The molecular weight excluding hydrogens is 386 g/mol. The van der Waals surface area contributed by atoms with Crippen LogP contribution in [0.2, 0.25) is 0 Å². The number of methoxy groups -OCH3 is 1. The molecule has 0 radical (unpaired) electrons. The highest BCUT2D eigenvalue weighted by atomic mass is 32.2. The Labute approximate surface area is 173 Å². The molecule has 0 amide bonds. The summed E-state index contributed by atoms with van der Waals surface area (Å²) in [6.07, 6.45) is 1.90. The highest BCUT2D eigenvalue weighted by Gasteiger charge is 2.09. The summed E-state index contributed by atoms with van der Waals surface area (Å²) < 4.78 is 5.22. The van der Waals surface area contributed by atoms with Crippen LogP contribution in [-0.4, -0.2) is 22.1 Å². The number of para-hydroxylation sites is 2. The van der Waals surface area contributed by atoms with Gasteiger partial charge in [-0.1, -0.05) is 36.0 Å². The topological polar surface area (TPSA) is 50.8 Å². The van der Waals surface area contributed by atoms with Crippen LogP contribution in [0.1, 0.15) is 16.8 Å². The molecule has 1 N–H and O–H groups in total. The van der Waals surface area contributed by atoms with Crippen LogP contribution in [-0.2, 0) is 11.5 Å². The lowest BCUT2D eigenvalue weighted by molar-refractivity contribution is 0.414. The Morgan fingerprint density at radius 1 is 0.964 bits per heavy atom. The Morgan fingerprint density at radius 2 is 1.79 bits per heavy atom. The Morgan fingerprint density at radius 3 is 2.57 bits per heavy atom. The smallest absolute Gasteiger partial charge is 0.166 e. The Bertz CT molecular complexity index is 1040. The minimum atomic E-state index is 0.794. The van der Waals surface area contributed by atoms with Gasteiger partial charge in [-0.05, 0) is 48.4 Å². The molecule has 2 heterocycles. The van der Waals surface area contributed by atoms with Gasteiger partial charge in [-0.25, -0.2) is 4.98 Å². The number of nitrogens with zero attached hydrogens (tertiary/aromatic N) is 2. The zero-order valence-electron chi connectivity index (χ0n) is 15.8. The van der Waals surface area contributed by atoms with Crippen LogP contribution >= 0.6 is 23.5 Å². The molecule has 0 bridgehead atoms. The number of H-pyrrole nitrogens is 1. The van der Waals surface area contributed by atoms with E-state index < -0.39 is 0 Å². The van der Waals surface area contributed by atoms with E-state index >= 15 is 0 Å². The molecule has 0 aliphatic rings. The zero-order valence-corrected chi connectivity index (χ0v) is 17.4. The normalized spacial score (nSPS) is 11.1. The van der Waals surface area contributed by atoms with Crippen molar-refractivity contribution in [3.8, 4) is 5.75 Å². The molecule has 4 aromatic rings. The zero-order chi connectivity index (χ0) is 19.3. The number of hydrogen-bond donors (Lipinski definition) is 1. The lowest BCUT2D eigenvalue weighted by Crippen LogP contribution is -1.94. The van der Waals surface area contributed by atoms with Crippen LogP contribution in [0, 0.1) is 6.92 Å². The molecule has 4 nitrogen and oxygen atoms in total. The third-order valence-corrected chi connectivity index (χ3v) is 6.64. The molecule has 0 aliphatic carbocycles. The lowest BCUT2D eigenvalue weighted by atomic mass is 10.2. The predicted molar refractivity (Wildman–Crippen MR) is 117 cm³/mol. The fourth-order valence-corrected chi connectivity index (χ4v) is 4.79. The maximum Gasteiger partial charge on any atom is 0.166 e. The summed E-state index contributed by atoms with van der Waals surface area (Å²) in [5.74, 6) is 2.60. The highest BCUT2D eigenvalue weighted by Crippen LogP contribution is 2.30. The maximum absolute atomic E-state index is 5.22. The fraction of sp³-hybridized carbons (Fsp3) is 0.182. The second-order valence-electron chi connectivity index (χ2n) is 6.37. The molecule has 142 valence electrons. The van der Waals surface area contributed by atoms with E-state index in [1.54, 1.807) is 18.9 Å². The average molecular weight is 408 g/mol. The molecule has 0 saturated heterocycles. The van der Waals surface area contributed by atoms with Gasteiger partial charge in [0.2, 0.25) is 0 Å². The van der Waals surface area contributed by atoms with Crippen molar-refractivity contribution in [2.24, 2.45) is 0 Å². The van der Waals surface area contributed by atoms with Gasteiger partial charge in [0.25, 0.3) is 0 Å². The highest BCUT2D eigenvalue weighted by molar-refractivity contribution is 7.98. The van der Waals surface area contributed by atoms with Gasteiger partial charge in [0.1, 0.15) is 5.75 Å². The first-order valence-electron chi connectivity index (χ1n) is 9.00. The largest absolute Gasteiger partial charge is 0.497 e. The van der Waals surface area contributed by atoms with Crippen LogP contribution in [0.4, 0.5) is 0 Å². The van der Waals surface area contributed by atoms with Crippen LogP contribution < -0.4 is 4.74 Å². The van der Waals surface area contributed by atoms with Gasteiger partial charge in [-0.15, -0.1) is 11.8 Å². The number of hydrogen-bond acceptors (Lipinski definition) is 5. The van der Waals surface area contributed by atoms with E-state index in [-0.39, 0.29) is 0 Å². The number of nitrogens with one attached hydrogen (secondary N) is 1. The number of imidazole rings is 1. The molecule has 0 atom stereocenters. The SMILES string of the molecule is COc1ccc(CSc2ccnc(CSc3nc4ccccc4[nH]3)c2C)cc1. The van der Waals surface area contributed by atoms with Crippen molar-refractivity contribution in [3.63, 3.8) is 0 Å². The molecule has 4 rings (SSSR count). The van der Waals surface area contributed by atoms with E-state index in [0.29, 0.717) is 0 Å². The first-order valence-corrected chi connectivity index (χ1v) is 11.0. The number of aromatic amines is 1. The molecule has 6 heteroatoms. The van der Waals surface area contributed by atoms with Gasteiger partial charge in [-0.3, -0.25) is 4.98 Å². The van der Waals surface area contributed by atoms with Crippen molar-refractivity contribution in [2.75, 3.05) is 7.11 Å². The van der Waals surface area contributed by atoms with Crippen LogP contribution in [0.3, 0.4) is 0 Å². The molecule has 0 unspecified atom stereocenters. The van der Waals surface area contributed by atoms with E-state index in [1.165, 1.54) is 16.0 Å². The van der Waals surface area contributed by atoms with Gasteiger partial charge in [0.15, 0.2) is 5.16 Å². The van der Waals surface area contributed by atoms with Crippen molar-refractivity contribution in [3.05, 3.63) is 77.6 Å². The van der Waals surface area contributed by atoms with E-state index in [1.807, 2.05) is 54.4 Å². The first-order chi connectivity index (χ1) is 13.7. The van der Waals surface area contributed by atoms with E-state index in [2.05, 4.69) is 40.1 Å². The Kier molecular flexibility index (Phi) is 5.88. The fourth-order valence-electron chi connectivity index (χ4n) is 2.88. The third kappa shape index (κ3) is 4.34. The van der Waals surface area contributed by atoms with Gasteiger partial charge < -0.3 is 9.72 Å². The minimum absolute atomic E-state index is 0.794. The van der Waals surface area contributed by atoms with Gasteiger partial charge >= 0.3 is 0 Å². The monoisotopic (exact) mass is 407 g/mol. The second-order valence-corrected chi connectivity index (χ2v) is 8.35. The van der Waals surface area contributed by atoms with Crippen LogP contribution in [0.5, 0.6) is 5.75 Å². The average Bonchev–Trinajstić information content (AvgIpc) is 3.15. The summed E-state index contributed by atoms with van der Waals surface area (Å²) in [5, 5.41) is 0.929. The van der Waals surface area contributed by atoms with E-state index in [0.717, 1.165) is 39.1 Å². The first kappa shape index (κ1) is 18.9. The third-order valence-electron chi connectivity index (χ3n) is 4.53. The summed E-state index contributed by atoms with van der Waals surface area (Å²) in [6, 6.07) is 18.4. The molecular formula is C22H21N3OS2. The summed E-state index contributed by atoms with van der Waals surface area (Å²) in [6.45, 7) is 2.15. The van der Waals surface area contributed by atoms with Crippen molar-refractivity contribution in [1.29, 1.82) is 0 Å². The van der Waals surface area contributed by atoms with Gasteiger partial charge in [0.05, 0.1) is 23.8 Å². The lowest BCUT2D eigenvalue weighted by Gasteiger charge is -2.10. The molecule has 0 aliphatic heterocycles. The standard InChI is InChI=1S/C22H21N3OS2/c1-15-20(14-28-22-24-18-5-3-4-6-19(18)25-22)23-12-11-21(15)27-13-16-7-9-17(26-2)10-8-16/h3-12H,13-14H2,1-2H3,(H,24,25). The Hall–Kier alpha value is -2.44. The summed E-state index contributed by atoms with van der Waals surface area (Å²) in [5.41, 5.74) is 5.69. The molecule has 28 heavy (non-hydrogen) atoms. The summed E-state index contributed by atoms with van der Waals surface area (Å²) in [4.78, 5) is 13.9. The van der Waals surface area contributed by atoms with Crippen LogP contribution in [0.15, 0.2) is 70.8 Å². The number of rotatable bonds is 7. The molecule has 0 saturated carbocycles. The number of ether oxygens (including phenoxy) is 1. The van der Waals surface area contributed by atoms with E-state index in [4.69, 9.17) is 4.74 Å². The molecule has 2 aromatic heterocycles. The Balaban J connectivity index is 1.42. The molecule has 0 spiro atoms. The van der Waals surface area contributed by atoms with Crippen molar-refractivity contribution in [1.82, 2.24) is 15.0 Å². The van der Waals surface area contributed by atoms with E-state index in [9.17, 15) is 0 Å². The number of benzene rings is 2. The van der Waals surface area contributed by atoms with Crippen LogP contribution in [0.25, 0.3) is 11.0 Å². The second kappa shape index (κ2) is 8.71. The number of pyridine rings is 1. The summed E-state index contributed by atoms with van der Waals surface area (Å²) in [7, 11) is 1.69. The number of aromatic nitrogens is 3. The maximum atomic E-state index is 5.22. The molecule has 0 fully saturated rings. The van der Waals surface area contributed by atoms with Crippen molar-refractivity contribution >= 4 is 34.6 Å². The van der Waals surface area contributed by atoms with Crippen molar-refractivity contribution in [2.45, 2.75) is 28.5 Å². The predicted octanol–water partition coefficient (Wildman–Crippen LogP) is 5.86. The minimum Gasteiger partial charge on any atom is -0.497 e. The number of thioether (sulfide) groups is 2. The van der Waals surface area contributed by atoms with Gasteiger partial charge in [0, 0.05) is 22.6 Å².